The van der Waals surface area contributed by atoms with Crippen LogP contribution in [0.5, 0.6) is 0 Å². The first-order valence-corrected chi connectivity index (χ1v) is 7.40. The molecule has 0 aliphatic heterocycles. The Morgan fingerprint density at radius 2 is 1.95 bits per heavy atom. The number of carbonyl (C=O) groups is 1. The summed E-state index contributed by atoms with van der Waals surface area (Å²) < 4.78 is 4.36. The van der Waals surface area contributed by atoms with Crippen molar-refractivity contribution in [2.24, 2.45) is 5.92 Å². The minimum absolute atomic E-state index is 0.105. The summed E-state index contributed by atoms with van der Waals surface area (Å²) in [5.74, 6) is -0.252. The van der Waals surface area contributed by atoms with E-state index >= 15 is 0 Å². The van der Waals surface area contributed by atoms with Crippen LogP contribution in [-0.2, 0) is 16.0 Å². The summed E-state index contributed by atoms with van der Waals surface area (Å²) in [7, 11) is 0. The number of alkyl halides is 2. The highest BCUT2D eigenvalue weighted by molar-refractivity contribution is 6.61. The molecule has 104 valence electrons. The Hall–Kier alpha value is -0.570. The predicted molar refractivity (Wildman–Crippen MR) is 77.7 cm³/mol. The van der Waals surface area contributed by atoms with E-state index in [0.29, 0.717) is 6.61 Å². The molecule has 0 spiro atoms. The van der Waals surface area contributed by atoms with Crippen LogP contribution in [0.1, 0.15) is 25.3 Å². The number of Topliss-reactive ketones (excluding diaryl/α,β-unsaturated/α-hetero) is 1. The molecule has 1 saturated carbocycles. The normalized spacial score (nSPS) is 25.1. The maximum Gasteiger partial charge on any atom is 0.202 e. The molecule has 1 aromatic carbocycles. The quantitative estimate of drug-likeness (QED) is 0.590. The first-order valence-electron chi connectivity index (χ1n) is 6.65. The van der Waals surface area contributed by atoms with E-state index in [9.17, 15) is 4.79 Å². The smallest absolute Gasteiger partial charge is 0.202 e. The molecule has 0 bridgehead atoms. The second-order valence-corrected chi connectivity index (χ2v) is 6.27. The van der Waals surface area contributed by atoms with Crippen molar-refractivity contribution >= 4 is 29.0 Å². The molecule has 1 aliphatic carbocycles. The van der Waals surface area contributed by atoms with Gasteiger partial charge in [-0.05, 0) is 24.8 Å². The highest BCUT2D eigenvalue weighted by Crippen LogP contribution is 2.46. The van der Waals surface area contributed by atoms with Gasteiger partial charge in [0, 0.05) is 6.61 Å². The molecule has 0 amide bonds. The molecule has 0 radical (unpaired) electrons. The third kappa shape index (κ3) is 3.13. The average molecular weight is 301 g/mol. The van der Waals surface area contributed by atoms with Crippen molar-refractivity contribution in [2.75, 3.05) is 6.61 Å². The SMILES string of the molecule is CC[C@H]1C(=O)C(Cl)(Cl)[C@H]1OCCCc1ccccc1. The third-order valence-electron chi connectivity index (χ3n) is 3.58. The van der Waals surface area contributed by atoms with E-state index in [2.05, 4.69) is 12.1 Å². The molecule has 1 aromatic rings. The van der Waals surface area contributed by atoms with Crippen LogP contribution in [0.25, 0.3) is 0 Å². The number of rotatable bonds is 6. The lowest BCUT2D eigenvalue weighted by Crippen LogP contribution is -2.61. The fraction of sp³-hybridized carbons (Fsp3) is 0.533. The molecule has 0 aromatic heterocycles. The second kappa shape index (κ2) is 6.25. The Bertz CT molecular complexity index is 431. The number of hydrogen-bond donors (Lipinski definition) is 0. The van der Waals surface area contributed by atoms with Gasteiger partial charge in [-0.2, -0.15) is 0 Å². The summed E-state index contributed by atoms with van der Waals surface area (Å²) in [6.07, 6.45) is 2.22. The van der Waals surface area contributed by atoms with E-state index < -0.39 is 4.33 Å². The van der Waals surface area contributed by atoms with E-state index in [-0.39, 0.29) is 17.8 Å². The van der Waals surface area contributed by atoms with Gasteiger partial charge in [0.2, 0.25) is 4.33 Å². The summed E-state index contributed by atoms with van der Waals surface area (Å²) >= 11 is 12.0. The highest BCUT2D eigenvalue weighted by Gasteiger charge is 2.60. The van der Waals surface area contributed by atoms with Crippen molar-refractivity contribution in [3.8, 4) is 0 Å². The zero-order chi connectivity index (χ0) is 13.9. The first kappa shape index (κ1) is 14.8. The Morgan fingerprint density at radius 3 is 2.58 bits per heavy atom. The fourth-order valence-corrected chi connectivity index (χ4v) is 3.14. The number of carbonyl (C=O) groups excluding carboxylic acids is 1. The van der Waals surface area contributed by atoms with Crippen LogP contribution in [0.15, 0.2) is 30.3 Å². The Kier molecular flexibility index (Phi) is 4.88. The van der Waals surface area contributed by atoms with Gasteiger partial charge in [0.05, 0.1) is 5.92 Å². The van der Waals surface area contributed by atoms with Crippen molar-refractivity contribution in [1.29, 1.82) is 0 Å². The molecule has 0 unspecified atom stereocenters. The molecule has 0 saturated heterocycles. The zero-order valence-electron chi connectivity index (χ0n) is 10.9. The van der Waals surface area contributed by atoms with Gasteiger partial charge >= 0.3 is 0 Å². The lowest BCUT2D eigenvalue weighted by Gasteiger charge is -2.44. The molecule has 2 atom stereocenters. The van der Waals surface area contributed by atoms with Crippen molar-refractivity contribution < 1.29 is 9.53 Å². The maximum atomic E-state index is 11.6. The van der Waals surface area contributed by atoms with Crippen molar-refractivity contribution in [1.82, 2.24) is 0 Å². The van der Waals surface area contributed by atoms with Gasteiger partial charge in [-0.1, -0.05) is 60.5 Å². The number of benzene rings is 1. The minimum Gasteiger partial charge on any atom is -0.374 e. The molecular weight excluding hydrogens is 283 g/mol. The van der Waals surface area contributed by atoms with Gasteiger partial charge < -0.3 is 4.74 Å². The number of ether oxygens (including phenoxy) is 1. The van der Waals surface area contributed by atoms with Crippen LogP contribution in [0.3, 0.4) is 0 Å². The van der Waals surface area contributed by atoms with Gasteiger partial charge in [-0.3, -0.25) is 4.79 Å². The van der Waals surface area contributed by atoms with E-state index in [4.69, 9.17) is 27.9 Å². The Labute approximate surface area is 124 Å². The summed E-state index contributed by atoms with van der Waals surface area (Å²) in [5.41, 5.74) is 1.28. The molecule has 2 nitrogen and oxygen atoms in total. The second-order valence-electron chi connectivity index (χ2n) is 4.88. The van der Waals surface area contributed by atoms with Crippen LogP contribution in [-0.4, -0.2) is 22.8 Å². The molecule has 19 heavy (non-hydrogen) atoms. The summed E-state index contributed by atoms with van der Waals surface area (Å²) in [6, 6.07) is 10.2. The number of ketones is 1. The molecule has 4 heteroatoms. The summed E-state index contributed by atoms with van der Waals surface area (Å²) in [5, 5.41) is 0. The molecule has 1 fully saturated rings. The molecule has 1 aliphatic rings. The molecule has 2 rings (SSSR count). The molecule has 0 heterocycles. The van der Waals surface area contributed by atoms with Crippen LogP contribution >= 0.6 is 23.2 Å². The Morgan fingerprint density at radius 1 is 1.26 bits per heavy atom. The average Bonchev–Trinajstić information content (AvgIpc) is 2.43. The van der Waals surface area contributed by atoms with Gasteiger partial charge in [-0.25, -0.2) is 0 Å². The van der Waals surface area contributed by atoms with E-state index in [0.717, 1.165) is 19.3 Å². The van der Waals surface area contributed by atoms with Gasteiger partial charge in [0.25, 0.3) is 0 Å². The predicted octanol–water partition coefficient (Wildman–Crippen LogP) is 3.79. The zero-order valence-corrected chi connectivity index (χ0v) is 12.5. The van der Waals surface area contributed by atoms with Crippen LogP contribution < -0.4 is 0 Å². The minimum atomic E-state index is -1.34. The first-order chi connectivity index (χ1) is 9.07. The molecule has 0 N–H and O–H groups in total. The summed E-state index contributed by atoms with van der Waals surface area (Å²) in [6.45, 7) is 2.52. The fourth-order valence-electron chi connectivity index (χ4n) is 2.43. The monoisotopic (exact) mass is 300 g/mol. The highest BCUT2D eigenvalue weighted by atomic mass is 35.5. The third-order valence-corrected chi connectivity index (χ3v) is 4.38. The maximum absolute atomic E-state index is 11.6. The van der Waals surface area contributed by atoms with E-state index in [1.807, 2.05) is 25.1 Å². The van der Waals surface area contributed by atoms with Crippen molar-refractivity contribution in [3.05, 3.63) is 35.9 Å². The molecular formula is C15H18Cl2O2. The Balaban J connectivity index is 1.75. The van der Waals surface area contributed by atoms with Gasteiger partial charge in [-0.15, -0.1) is 0 Å². The number of aryl methyl sites for hydroxylation is 1. The number of halogens is 2. The standard InChI is InChI=1S/C15H18Cl2O2/c1-2-12-13(18)15(16,17)14(12)19-10-6-9-11-7-4-3-5-8-11/h3-5,7-8,12,14H,2,6,9-10H2,1H3/t12-,14-/m0/s1. The lowest BCUT2D eigenvalue weighted by atomic mass is 9.77. The lowest BCUT2D eigenvalue weighted by molar-refractivity contribution is -0.147. The van der Waals surface area contributed by atoms with Crippen LogP contribution in [0.4, 0.5) is 0 Å². The topological polar surface area (TPSA) is 26.3 Å². The van der Waals surface area contributed by atoms with Gasteiger partial charge in [0.1, 0.15) is 6.10 Å². The van der Waals surface area contributed by atoms with Crippen molar-refractivity contribution in [2.45, 2.75) is 36.6 Å². The summed E-state index contributed by atoms with van der Waals surface area (Å²) in [4.78, 5) is 11.6. The van der Waals surface area contributed by atoms with Crippen LogP contribution in [0.2, 0.25) is 0 Å². The van der Waals surface area contributed by atoms with Crippen LogP contribution in [0, 0.1) is 5.92 Å². The van der Waals surface area contributed by atoms with Crippen molar-refractivity contribution in [3.63, 3.8) is 0 Å². The number of hydrogen-bond acceptors (Lipinski definition) is 2. The largest absolute Gasteiger partial charge is 0.374 e. The van der Waals surface area contributed by atoms with Gasteiger partial charge in [0.15, 0.2) is 5.78 Å². The van der Waals surface area contributed by atoms with E-state index in [1.54, 1.807) is 0 Å². The van der Waals surface area contributed by atoms with E-state index in [1.165, 1.54) is 5.56 Å².